The first-order valence-electron chi connectivity index (χ1n) is 6.88. The van der Waals surface area contributed by atoms with Crippen molar-refractivity contribution in [3.05, 3.63) is 40.4 Å². The Morgan fingerprint density at radius 3 is 2.59 bits per heavy atom. The van der Waals surface area contributed by atoms with Crippen LogP contribution in [0.2, 0.25) is 0 Å². The molecular weight excluding hydrogens is 300 g/mol. The zero-order valence-electron chi connectivity index (χ0n) is 12.6. The van der Waals surface area contributed by atoms with Crippen molar-refractivity contribution in [1.82, 2.24) is 0 Å². The molecule has 1 aromatic rings. The van der Waals surface area contributed by atoms with Crippen LogP contribution in [0.4, 0.5) is 5.69 Å². The first-order chi connectivity index (χ1) is 10.5. The zero-order chi connectivity index (χ0) is 16.3. The third-order valence-electron chi connectivity index (χ3n) is 3.16. The van der Waals surface area contributed by atoms with E-state index >= 15 is 0 Å². The number of carbonyl (C=O) groups is 2. The van der Waals surface area contributed by atoms with Crippen LogP contribution in [-0.4, -0.2) is 23.7 Å². The quantitative estimate of drug-likeness (QED) is 0.487. The largest absolute Gasteiger partial charge is 0.462 e. The Morgan fingerprint density at radius 1 is 1.41 bits per heavy atom. The molecule has 0 radical (unpaired) electrons. The lowest BCUT2D eigenvalue weighted by molar-refractivity contribution is -0.138. The summed E-state index contributed by atoms with van der Waals surface area (Å²) in [6.45, 7) is 5.55. The fourth-order valence-corrected chi connectivity index (χ4v) is 3.13. The second kappa shape index (κ2) is 6.67. The molecule has 114 valence electrons. The molecule has 1 amide bonds. The number of nitriles is 1. The summed E-state index contributed by atoms with van der Waals surface area (Å²) in [5, 5.41) is 9.29. The minimum Gasteiger partial charge on any atom is -0.462 e. The molecule has 1 heterocycles. The normalized spacial score (nSPS) is 19.8. The van der Waals surface area contributed by atoms with E-state index < -0.39 is 5.97 Å². The number of anilines is 1. The molecule has 1 aromatic carbocycles. The fraction of sp³-hybridized carbons (Fsp3) is 0.312. The molecule has 0 spiro atoms. The van der Waals surface area contributed by atoms with Crippen LogP contribution in [0.3, 0.4) is 0 Å². The van der Waals surface area contributed by atoms with Crippen molar-refractivity contribution in [3.63, 3.8) is 0 Å². The number of aryl methyl sites for hydroxylation is 1. The number of benzene rings is 1. The minimum absolute atomic E-state index is 0.134. The average molecular weight is 316 g/mol. The molecule has 5 nitrogen and oxygen atoms in total. The molecule has 1 atom stereocenters. The van der Waals surface area contributed by atoms with Crippen molar-refractivity contribution >= 4 is 29.3 Å². The first kappa shape index (κ1) is 16.1. The second-order valence-electron chi connectivity index (χ2n) is 4.78. The molecule has 2 rings (SSSR count). The number of hydrogen-bond acceptors (Lipinski definition) is 5. The van der Waals surface area contributed by atoms with Gasteiger partial charge in [-0.2, -0.15) is 5.26 Å². The highest BCUT2D eigenvalue weighted by atomic mass is 32.2. The number of rotatable bonds is 3. The van der Waals surface area contributed by atoms with Gasteiger partial charge in [0.1, 0.15) is 11.1 Å². The van der Waals surface area contributed by atoms with Crippen molar-refractivity contribution in [2.24, 2.45) is 0 Å². The van der Waals surface area contributed by atoms with Crippen LogP contribution in [0.1, 0.15) is 19.4 Å². The lowest BCUT2D eigenvalue weighted by atomic mass is 10.2. The van der Waals surface area contributed by atoms with Crippen LogP contribution in [0, 0.1) is 18.3 Å². The maximum absolute atomic E-state index is 12.4. The van der Waals surface area contributed by atoms with Gasteiger partial charge in [0, 0.05) is 5.69 Å². The van der Waals surface area contributed by atoms with Gasteiger partial charge in [0.25, 0.3) is 0 Å². The summed E-state index contributed by atoms with van der Waals surface area (Å²) in [7, 11) is 0. The first-order valence-corrected chi connectivity index (χ1v) is 7.76. The molecule has 0 aromatic heterocycles. The summed E-state index contributed by atoms with van der Waals surface area (Å²) in [5.41, 5.74) is 1.57. The van der Waals surface area contributed by atoms with Crippen molar-refractivity contribution < 1.29 is 14.3 Å². The predicted octanol–water partition coefficient (Wildman–Crippen LogP) is 2.76. The number of esters is 1. The van der Waals surface area contributed by atoms with E-state index in [4.69, 9.17) is 4.74 Å². The van der Waals surface area contributed by atoms with Crippen LogP contribution in [0.15, 0.2) is 34.9 Å². The summed E-state index contributed by atoms with van der Waals surface area (Å²) < 4.78 is 4.91. The van der Waals surface area contributed by atoms with Crippen LogP contribution in [0.5, 0.6) is 0 Å². The molecular formula is C16H16N2O3S. The van der Waals surface area contributed by atoms with E-state index in [1.807, 2.05) is 25.1 Å². The van der Waals surface area contributed by atoms with Crippen LogP contribution in [-0.2, 0) is 14.3 Å². The molecule has 0 aliphatic carbocycles. The standard InChI is InChI=1S/C16H16N2O3S/c1-4-21-16(20)13(9-17)15-18(14(19)11(3)22-15)12-7-5-10(2)6-8-12/h5-8,11H,4H2,1-3H3/b15-13+/t11-/m0/s1. The van der Waals surface area contributed by atoms with Crippen LogP contribution >= 0.6 is 11.8 Å². The smallest absolute Gasteiger partial charge is 0.351 e. The maximum Gasteiger partial charge on any atom is 0.351 e. The van der Waals surface area contributed by atoms with E-state index in [0.717, 1.165) is 5.56 Å². The van der Waals surface area contributed by atoms with Gasteiger partial charge in [-0.25, -0.2) is 4.79 Å². The van der Waals surface area contributed by atoms with Gasteiger partial charge in [0.05, 0.1) is 11.9 Å². The molecule has 6 heteroatoms. The second-order valence-corrected chi connectivity index (χ2v) is 6.11. The Balaban J connectivity index is 2.52. The van der Waals surface area contributed by atoms with Crippen LogP contribution in [0.25, 0.3) is 0 Å². The third kappa shape index (κ3) is 3.00. The number of hydrogen-bond donors (Lipinski definition) is 0. The molecule has 0 bridgehead atoms. The number of nitrogens with zero attached hydrogens (tertiary/aromatic N) is 2. The zero-order valence-corrected chi connectivity index (χ0v) is 13.4. The van der Waals surface area contributed by atoms with Gasteiger partial charge < -0.3 is 4.74 Å². The lowest BCUT2D eigenvalue weighted by Crippen LogP contribution is -2.28. The Hall–Kier alpha value is -2.26. The average Bonchev–Trinajstić information content (AvgIpc) is 2.77. The van der Waals surface area contributed by atoms with Gasteiger partial charge in [-0.3, -0.25) is 9.69 Å². The maximum atomic E-state index is 12.4. The van der Waals surface area contributed by atoms with E-state index in [2.05, 4.69) is 0 Å². The SMILES string of the molecule is CCOC(=O)/C(C#N)=C1/S[C@@H](C)C(=O)N1c1ccc(C)cc1. The molecule has 0 unspecified atom stereocenters. The highest BCUT2D eigenvalue weighted by Crippen LogP contribution is 2.40. The molecule has 0 saturated carbocycles. The van der Waals surface area contributed by atoms with Gasteiger partial charge in [-0.05, 0) is 32.9 Å². The van der Waals surface area contributed by atoms with Crippen LogP contribution < -0.4 is 4.90 Å². The van der Waals surface area contributed by atoms with Crippen molar-refractivity contribution in [2.45, 2.75) is 26.0 Å². The van der Waals surface area contributed by atoms with Gasteiger partial charge in [0.2, 0.25) is 5.91 Å². The van der Waals surface area contributed by atoms with Crippen molar-refractivity contribution in [2.75, 3.05) is 11.5 Å². The number of thioether (sulfide) groups is 1. The summed E-state index contributed by atoms with van der Waals surface area (Å²) in [6.07, 6.45) is 0. The van der Waals surface area contributed by atoms with E-state index in [1.54, 1.807) is 26.0 Å². The molecule has 0 N–H and O–H groups in total. The highest BCUT2D eigenvalue weighted by Gasteiger charge is 2.38. The molecule has 22 heavy (non-hydrogen) atoms. The Labute approximate surface area is 133 Å². The van der Waals surface area contributed by atoms with Gasteiger partial charge in [-0.15, -0.1) is 0 Å². The molecule has 1 aliphatic rings. The van der Waals surface area contributed by atoms with E-state index in [9.17, 15) is 14.9 Å². The van der Waals surface area contributed by atoms with Crippen molar-refractivity contribution in [1.29, 1.82) is 5.26 Å². The van der Waals surface area contributed by atoms with E-state index in [1.165, 1.54) is 16.7 Å². The summed E-state index contributed by atoms with van der Waals surface area (Å²) in [4.78, 5) is 25.8. The highest BCUT2D eigenvalue weighted by molar-refractivity contribution is 8.05. The van der Waals surface area contributed by atoms with E-state index in [0.29, 0.717) is 10.7 Å². The Morgan fingerprint density at radius 2 is 2.05 bits per heavy atom. The minimum atomic E-state index is -0.702. The summed E-state index contributed by atoms with van der Waals surface area (Å²) in [6, 6.07) is 9.22. The summed E-state index contributed by atoms with van der Waals surface area (Å²) in [5.74, 6) is -0.854. The van der Waals surface area contributed by atoms with Gasteiger partial charge >= 0.3 is 5.97 Å². The molecule has 1 fully saturated rings. The Bertz CT molecular complexity index is 674. The Kier molecular flexibility index (Phi) is 4.88. The number of carbonyl (C=O) groups excluding carboxylic acids is 2. The van der Waals surface area contributed by atoms with Crippen molar-refractivity contribution in [3.8, 4) is 6.07 Å². The lowest BCUT2D eigenvalue weighted by Gasteiger charge is -2.18. The fourth-order valence-electron chi connectivity index (χ4n) is 2.05. The van der Waals surface area contributed by atoms with Gasteiger partial charge in [-0.1, -0.05) is 29.5 Å². The van der Waals surface area contributed by atoms with Gasteiger partial charge in [0.15, 0.2) is 5.57 Å². The third-order valence-corrected chi connectivity index (χ3v) is 4.32. The molecule has 1 saturated heterocycles. The number of ether oxygens (including phenoxy) is 1. The topological polar surface area (TPSA) is 70.4 Å². The molecule has 1 aliphatic heterocycles. The predicted molar refractivity (Wildman–Crippen MR) is 85.0 cm³/mol. The monoisotopic (exact) mass is 316 g/mol. The number of amides is 1. The van der Waals surface area contributed by atoms with E-state index in [-0.39, 0.29) is 23.3 Å². The summed E-state index contributed by atoms with van der Waals surface area (Å²) >= 11 is 1.20.